The van der Waals surface area contributed by atoms with Crippen LogP contribution in [0.5, 0.6) is 11.5 Å². The van der Waals surface area contributed by atoms with E-state index in [2.05, 4.69) is 12.1 Å². The lowest BCUT2D eigenvalue weighted by Gasteiger charge is -2.43. The fourth-order valence-corrected chi connectivity index (χ4v) is 4.90. The Labute approximate surface area is 183 Å². The van der Waals surface area contributed by atoms with Crippen molar-refractivity contribution >= 4 is 11.7 Å². The minimum atomic E-state index is -0.354. The molecule has 0 N–H and O–H groups in total. The van der Waals surface area contributed by atoms with Crippen LogP contribution in [0.15, 0.2) is 59.8 Å². The lowest BCUT2D eigenvalue weighted by atomic mass is 9.73. The fourth-order valence-electron chi connectivity index (χ4n) is 4.90. The number of nitrogens with zero attached hydrogens (tertiary/aromatic N) is 2. The number of benzene rings is 2. The molecule has 2 unspecified atom stereocenters. The summed E-state index contributed by atoms with van der Waals surface area (Å²) in [6.07, 6.45) is 1.28. The van der Waals surface area contributed by atoms with E-state index in [1.165, 1.54) is 0 Å². The van der Waals surface area contributed by atoms with Crippen molar-refractivity contribution in [2.75, 3.05) is 28.3 Å². The number of Topliss-reactive ketones (excluding diaryl/α,β-unsaturated/α-hetero) is 1. The normalized spacial score (nSPS) is 21.4. The second-order valence-corrected chi connectivity index (χ2v) is 8.19. The average Bonchev–Trinajstić information content (AvgIpc) is 2.77. The summed E-state index contributed by atoms with van der Waals surface area (Å²) in [5.41, 5.74) is 3.44. The van der Waals surface area contributed by atoms with Crippen LogP contribution >= 0.6 is 0 Å². The van der Waals surface area contributed by atoms with Gasteiger partial charge in [0.15, 0.2) is 17.3 Å². The number of carbonyl (C=O) groups excluding carboxylic acids is 2. The summed E-state index contributed by atoms with van der Waals surface area (Å²) in [6, 6.07) is 15.7. The molecule has 0 bridgehead atoms. The third-order valence-corrected chi connectivity index (χ3v) is 6.18. The monoisotopic (exact) mass is 420 g/mol. The zero-order valence-electron chi connectivity index (χ0n) is 18.4. The molecule has 0 saturated heterocycles. The molecule has 2 atom stereocenters. The first-order valence-corrected chi connectivity index (χ1v) is 10.5. The van der Waals surface area contributed by atoms with Crippen molar-refractivity contribution in [1.82, 2.24) is 10.0 Å². The molecule has 2 aliphatic rings. The zero-order valence-corrected chi connectivity index (χ0v) is 18.4. The van der Waals surface area contributed by atoms with Crippen LogP contribution in [-0.4, -0.2) is 50.0 Å². The number of amides is 1. The number of carbonyl (C=O) groups is 2. The summed E-state index contributed by atoms with van der Waals surface area (Å²) in [4.78, 5) is 26.8. The molecule has 1 heterocycles. The Morgan fingerprint density at radius 2 is 1.65 bits per heavy atom. The van der Waals surface area contributed by atoms with E-state index in [-0.39, 0.29) is 29.9 Å². The van der Waals surface area contributed by atoms with E-state index in [0.717, 1.165) is 16.8 Å². The molecule has 0 radical (unpaired) electrons. The molecule has 6 heteroatoms. The Morgan fingerprint density at radius 1 is 0.903 bits per heavy atom. The van der Waals surface area contributed by atoms with Crippen molar-refractivity contribution in [2.45, 2.75) is 31.1 Å². The average molecular weight is 421 g/mol. The second kappa shape index (κ2) is 8.55. The van der Waals surface area contributed by atoms with Crippen LogP contribution in [0.25, 0.3) is 0 Å². The molecule has 2 aromatic rings. The maximum Gasteiger partial charge on any atom is 0.242 e. The van der Waals surface area contributed by atoms with Crippen molar-refractivity contribution in [3.8, 4) is 11.5 Å². The first-order chi connectivity index (χ1) is 15.0. The van der Waals surface area contributed by atoms with Gasteiger partial charge >= 0.3 is 0 Å². The summed E-state index contributed by atoms with van der Waals surface area (Å²) in [5, 5.41) is 3.45. The van der Waals surface area contributed by atoms with Crippen molar-refractivity contribution < 1.29 is 19.1 Å². The molecule has 31 heavy (non-hydrogen) atoms. The fraction of sp³-hybridized carbons (Fsp3) is 0.360. The molecule has 0 aromatic heterocycles. The summed E-state index contributed by atoms with van der Waals surface area (Å²) < 4.78 is 11.1. The van der Waals surface area contributed by atoms with Crippen LogP contribution in [0, 0.1) is 0 Å². The van der Waals surface area contributed by atoms with Gasteiger partial charge in [-0.25, -0.2) is 10.0 Å². The van der Waals surface area contributed by atoms with Gasteiger partial charge in [-0.05, 0) is 24.0 Å². The van der Waals surface area contributed by atoms with E-state index in [1.54, 1.807) is 24.2 Å². The topological polar surface area (TPSA) is 59.1 Å². The number of ether oxygens (including phenoxy) is 2. The van der Waals surface area contributed by atoms with E-state index in [9.17, 15) is 9.59 Å². The lowest BCUT2D eigenvalue weighted by molar-refractivity contribution is -0.143. The maximum atomic E-state index is 13.5. The van der Waals surface area contributed by atoms with E-state index >= 15 is 0 Å². The largest absolute Gasteiger partial charge is 0.493 e. The van der Waals surface area contributed by atoms with E-state index in [1.807, 2.05) is 50.5 Å². The molecule has 0 spiro atoms. The first-order valence-electron chi connectivity index (χ1n) is 10.5. The Balaban J connectivity index is 1.86. The molecular weight excluding hydrogens is 392 g/mol. The van der Waals surface area contributed by atoms with Crippen LogP contribution in [-0.2, 0) is 9.59 Å². The summed E-state index contributed by atoms with van der Waals surface area (Å²) >= 11 is 0. The van der Waals surface area contributed by atoms with Gasteiger partial charge in [0.05, 0.1) is 14.2 Å². The minimum absolute atomic E-state index is 0.0277. The van der Waals surface area contributed by atoms with E-state index < -0.39 is 0 Å². The second-order valence-electron chi connectivity index (χ2n) is 8.19. The van der Waals surface area contributed by atoms with Gasteiger partial charge in [0.2, 0.25) is 5.91 Å². The Hall–Kier alpha value is -3.12. The van der Waals surface area contributed by atoms with Gasteiger partial charge in [-0.3, -0.25) is 9.59 Å². The standard InChI is InChI=1S/C25H28N2O4/c1-26(2)27-20-13-17(16-9-6-5-7-10-16)14-21(28)24(20)19(15-23(27)29)18-11-8-12-22(30-3)25(18)31-4/h5-12,17,19H,13-15H2,1-4H3. The van der Waals surface area contributed by atoms with Gasteiger partial charge in [0, 0.05) is 49.7 Å². The van der Waals surface area contributed by atoms with Gasteiger partial charge < -0.3 is 9.47 Å². The Kier molecular flexibility index (Phi) is 5.83. The smallest absolute Gasteiger partial charge is 0.242 e. The summed E-state index contributed by atoms with van der Waals surface area (Å²) in [6.45, 7) is 0. The summed E-state index contributed by atoms with van der Waals surface area (Å²) in [7, 11) is 6.85. The van der Waals surface area contributed by atoms with Gasteiger partial charge in [-0.1, -0.05) is 42.5 Å². The molecule has 1 aliphatic heterocycles. The number of rotatable bonds is 5. The summed E-state index contributed by atoms with van der Waals surface area (Å²) in [5.74, 6) is 0.923. The number of para-hydroxylation sites is 1. The number of allylic oxidation sites excluding steroid dienone is 2. The number of ketones is 1. The van der Waals surface area contributed by atoms with Crippen LogP contribution in [0.1, 0.15) is 42.2 Å². The molecule has 1 amide bonds. The lowest BCUT2D eigenvalue weighted by Crippen LogP contribution is -2.48. The molecule has 4 rings (SSSR count). The highest BCUT2D eigenvalue weighted by molar-refractivity contribution is 6.02. The number of hydrogen-bond acceptors (Lipinski definition) is 5. The predicted molar refractivity (Wildman–Crippen MR) is 118 cm³/mol. The molecule has 6 nitrogen and oxygen atoms in total. The number of hydrogen-bond donors (Lipinski definition) is 0. The van der Waals surface area contributed by atoms with Crippen LogP contribution < -0.4 is 9.47 Å². The van der Waals surface area contributed by atoms with Crippen molar-refractivity contribution in [1.29, 1.82) is 0 Å². The SMILES string of the molecule is COc1cccc(C2CC(=O)N(N(C)C)C3=C2C(=O)CC(c2ccccc2)C3)c1OC. The van der Waals surface area contributed by atoms with Gasteiger partial charge in [-0.2, -0.15) is 0 Å². The Bertz CT molecular complexity index is 1030. The van der Waals surface area contributed by atoms with Crippen LogP contribution in [0.3, 0.4) is 0 Å². The highest BCUT2D eigenvalue weighted by Crippen LogP contribution is 2.48. The van der Waals surface area contributed by atoms with E-state index in [0.29, 0.717) is 29.9 Å². The van der Waals surface area contributed by atoms with Crippen LogP contribution in [0.2, 0.25) is 0 Å². The van der Waals surface area contributed by atoms with Crippen molar-refractivity contribution in [3.05, 3.63) is 70.9 Å². The quantitative estimate of drug-likeness (QED) is 0.734. The predicted octanol–water partition coefficient (Wildman–Crippen LogP) is 3.90. The molecule has 0 fully saturated rings. The highest BCUT2D eigenvalue weighted by Gasteiger charge is 2.43. The molecule has 0 saturated carbocycles. The van der Waals surface area contributed by atoms with Crippen molar-refractivity contribution in [3.63, 3.8) is 0 Å². The highest BCUT2D eigenvalue weighted by atomic mass is 16.5. The van der Waals surface area contributed by atoms with Crippen LogP contribution in [0.4, 0.5) is 0 Å². The molecule has 162 valence electrons. The number of hydrazine groups is 1. The van der Waals surface area contributed by atoms with Gasteiger partial charge in [-0.15, -0.1) is 0 Å². The third kappa shape index (κ3) is 3.72. The van der Waals surface area contributed by atoms with E-state index in [4.69, 9.17) is 9.47 Å². The van der Waals surface area contributed by atoms with Gasteiger partial charge in [0.25, 0.3) is 0 Å². The first kappa shape index (κ1) is 21.1. The van der Waals surface area contributed by atoms with Gasteiger partial charge in [0.1, 0.15) is 0 Å². The third-order valence-electron chi connectivity index (χ3n) is 6.18. The molecule has 1 aliphatic carbocycles. The zero-order chi connectivity index (χ0) is 22.1. The molecular formula is C25H28N2O4. The number of methoxy groups -OCH3 is 2. The minimum Gasteiger partial charge on any atom is -0.493 e. The van der Waals surface area contributed by atoms with Crippen molar-refractivity contribution in [2.24, 2.45) is 0 Å². The maximum absolute atomic E-state index is 13.5. The molecule has 2 aromatic carbocycles. The Morgan fingerprint density at radius 3 is 2.29 bits per heavy atom.